The number of hydrogen-bond donors (Lipinski definition) is 0. The Labute approximate surface area is 92.1 Å². The molecule has 2 rings (SSSR count). The average Bonchev–Trinajstić information content (AvgIpc) is 2.59. The third kappa shape index (κ3) is 1.69. The zero-order valence-electron chi connectivity index (χ0n) is 8.70. The SMILES string of the molecule is COC(=O)C1CCc2cc(C)sc2C1=O. The van der Waals surface area contributed by atoms with E-state index in [4.69, 9.17) is 0 Å². The fourth-order valence-electron chi connectivity index (χ4n) is 1.92. The molecule has 1 heterocycles. The zero-order valence-corrected chi connectivity index (χ0v) is 9.52. The van der Waals surface area contributed by atoms with Crippen LogP contribution in [0.5, 0.6) is 0 Å². The predicted molar refractivity (Wildman–Crippen MR) is 57.2 cm³/mol. The number of hydrogen-bond acceptors (Lipinski definition) is 4. The molecule has 80 valence electrons. The molecule has 0 fully saturated rings. The highest BCUT2D eigenvalue weighted by molar-refractivity contribution is 7.14. The first-order valence-corrected chi connectivity index (χ1v) is 5.66. The predicted octanol–water partition coefficient (Wildman–Crippen LogP) is 1.97. The number of carbonyl (C=O) groups excluding carboxylic acids is 2. The lowest BCUT2D eigenvalue weighted by atomic mass is 9.88. The van der Waals surface area contributed by atoms with Gasteiger partial charge < -0.3 is 4.74 Å². The maximum Gasteiger partial charge on any atom is 0.316 e. The molecular formula is C11H12O3S. The number of rotatable bonds is 1. The first-order valence-electron chi connectivity index (χ1n) is 4.85. The molecule has 3 nitrogen and oxygen atoms in total. The van der Waals surface area contributed by atoms with Crippen LogP contribution in [0.4, 0.5) is 0 Å². The summed E-state index contributed by atoms with van der Waals surface area (Å²) in [7, 11) is 1.32. The number of carbonyl (C=O) groups is 2. The van der Waals surface area contributed by atoms with Gasteiger partial charge in [-0.3, -0.25) is 9.59 Å². The molecule has 1 aliphatic carbocycles. The summed E-state index contributed by atoms with van der Waals surface area (Å²) in [5, 5.41) is 0. The van der Waals surface area contributed by atoms with Crippen molar-refractivity contribution in [1.82, 2.24) is 0 Å². The first-order chi connectivity index (χ1) is 7.13. The van der Waals surface area contributed by atoms with Crippen LogP contribution in [0.1, 0.15) is 26.5 Å². The van der Waals surface area contributed by atoms with Crippen LogP contribution in [-0.2, 0) is 16.0 Å². The summed E-state index contributed by atoms with van der Waals surface area (Å²) < 4.78 is 4.63. The van der Waals surface area contributed by atoms with Crippen LogP contribution >= 0.6 is 11.3 Å². The normalized spacial score (nSPS) is 19.9. The van der Waals surface area contributed by atoms with E-state index in [0.29, 0.717) is 6.42 Å². The van der Waals surface area contributed by atoms with E-state index in [9.17, 15) is 9.59 Å². The second kappa shape index (κ2) is 3.77. The van der Waals surface area contributed by atoms with Crippen molar-refractivity contribution < 1.29 is 14.3 Å². The summed E-state index contributed by atoms with van der Waals surface area (Å²) in [5.74, 6) is -1.06. The molecule has 1 aliphatic rings. The van der Waals surface area contributed by atoms with Crippen molar-refractivity contribution in [2.75, 3.05) is 7.11 Å². The molecular weight excluding hydrogens is 212 g/mol. The van der Waals surface area contributed by atoms with E-state index in [0.717, 1.165) is 21.7 Å². The lowest BCUT2D eigenvalue weighted by molar-refractivity contribution is -0.143. The Morgan fingerprint density at radius 1 is 1.60 bits per heavy atom. The van der Waals surface area contributed by atoms with Crippen molar-refractivity contribution in [2.24, 2.45) is 5.92 Å². The summed E-state index contributed by atoms with van der Waals surface area (Å²) in [6.07, 6.45) is 1.37. The second-order valence-corrected chi connectivity index (χ2v) is 4.95. The highest BCUT2D eigenvalue weighted by Gasteiger charge is 2.34. The molecule has 1 atom stereocenters. The van der Waals surface area contributed by atoms with Gasteiger partial charge in [0.1, 0.15) is 5.92 Å². The van der Waals surface area contributed by atoms with Crippen LogP contribution < -0.4 is 0 Å². The largest absolute Gasteiger partial charge is 0.468 e. The third-order valence-corrected chi connectivity index (χ3v) is 3.77. The number of ketones is 1. The minimum absolute atomic E-state index is 0.0683. The molecule has 15 heavy (non-hydrogen) atoms. The highest BCUT2D eigenvalue weighted by atomic mass is 32.1. The van der Waals surface area contributed by atoms with E-state index in [1.165, 1.54) is 18.4 Å². The summed E-state index contributed by atoms with van der Waals surface area (Å²) in [4.78, 5) is 25.2. The van der Waals surface area contributed by atoms with Gasteiger partial charge in [-0.15, -0.1) is 11.3 Å². The van der Waals surface area contributed by atoms with E-state index in [2.05, 4.69) is 4.74 Å². The monoisotopic (exact) mass is 224 g/mol. The van der Waals surface area contributed by atoms with Gasteiger partial charge in [0.25, 0.3) is 0 Å². The topological polar surface area (TPSA) is 43.4 Å². The molecule has 1 aromatic rings. The minimum atomic E-state index is -0.583. The molecule has 1 aromatic heterocycles. The van der Waals surface area contributed by atoms with Crippen LogP contribution in [-0.4, -0.2) is 18.9 Å². The molecule has 0 amide bonds. The molecule has 0 aliphatic heterocycles. The Hall–Kier alpha value is -1.16. The minimum Gasteiger partial charge on any atom is -0.468 e. The van der Waals surface area contributed by atoms with E-state index in [1.54, 1.807) is 0 Å². The lowest BCUT2D eigenvalue weighted by Crippen LogP contribution is -2.29. The van der Waals surface area contributed by atoms with Crippen LogP contribution in [0.2, 0.25) is 0 Å². The Kier molecular flexibility index (Phi) is 2.61. The summed E-state index contributed by atoms with van der Waals surface area (Å²) >= 11 is 1.47. The molecule has 0 saturated heterocycles. The number of methoxy groups -OCH3 is 1. The Morgan fingerprint density at radius 3 is 3.00 bits per heavy atom. The van der Waals surface area contributed by atoms with Crippen LogP contribution in [0.3, 0.4) is 0 Å². The van der Waals surface area contributed by atoms with E-state index in [1.807, 2.05) is 13.0 Å². The maximum absolute atomic E-state index is 11.9. The van der Waals surface area contributed by atoms with Crippen molar-refractivity contribution in [3.05, 3.63) is 21.4 Å². The summed E-state index contributed by atoms with van der Waals surface area (Å²) in [6, 6.07) is 2.03. The average molecular weight is 224 g/mol. The molecule has 0 N–H and O–H groups in total. The molecule has 0 aromatic carbocycles. The maximum atomic E-state index is 11.9. The number of esters is 1. The van der Waals surface area contributed by atoms with Crippen molar-refractivity contribution in [2.45, 2.75) is 19.8 Å². The van der Waals surface area contributed by atoms with Gasteiger partial charge in [0.15, 0.2) is 5.78 Å². The van der Waals surface area contributed by atoms with Crippen molar-refractivity contribution >= 4 is 23.1 Å². The van der Waals surface area contributed by atoms with Gasteiger partial charge in [-0.25, -0.2) is 0 Å². The Morgan fingerprint density at radius 2 is 2.33 bits per heavy atom. The standard InChI is InChI=1S/C11H12O3S/c1-6-5-7-3-4-8(11(13)14-2)9(12)10(7)15-6/h5,8H,3-4H2,1-2H3. The third-order valence-electron chi connectivity index (χ3n) is 2.66. The molecule has 0 spiro atoms. The zero-order chi connectivity index (χ0) is 11.0. The number of fused-ring (bicyclic) bond motifs is 1. The lowest BCUT2D eigenvalue weighted by Gasteiger charge is -2.18. The van der Waals surface area contributed by atoms with Crippen LogP contribution in [0.15, 0.2) is 6.07 Å². The number of Topliss-reactive ketones (excluding diaryl/α,β-unsaturated/α-hetero) is 1. The van der Waals surface area contributed by atoms with E-state index in [-0.39, 0.29) is 5.78 Å². The van der Waals surface area contributed by atoms with Crippen molar-refractivity contribution in [3.8, 4) is 0 Å². The van der Waals surface area contributed by atoms with Gasteiger partial charge in [0.2, 0.25) is 0 Å². The second-order valence-electron chi connectivity index (χ2n) is 3.69. The van der Waals surface area contributed by atoms with Gasteiger partial charge in [-0.1, -0.05) is 0 Å². The molecule has 0 bridgehead atoms. The van der Waals surface area contributed by atoms with Crippen molar-refractivity contribution in [3.63, 3.8) is 0 Å². The van der Waals surface area contributed by atoms with Crippen molar-refractivity contribution in [1.29, 1.82) is 0 Å². The van der Waals surface area contributed by atoms with Crippen LogP contribution in [0, 0.1) is 12.8 Å². The highest BCUT2D eigenvalue weighted by Crippen LogP contribution is 2.32. The van der Waals surface area contributed by atoms with Gasteiger partial charge in [0.05, 0.1) is 12.0 Å². The Bertz CT molecular complexity index is 419. The molecule has 1 unspecified atom stereocenters. The van der Waals surface area contributed by atoms with E-state index < -0.39 is 11.9 Å². The fourth-order valence-corrected chi connectivity index (χ4v) is 2.98. The fraction of sp³-hybridized carbons (Fsp3) is 0.455. The molecule has 0 saturated carbocycles. The molecule has 4 heteroatoms. The van der Waals surface area contributed by atoms with Gasteiger partial charge in [-0.05, 0) is 31.4 Å². The Balaban J connectivity index is 2.33. The molecule has 0 radical (unpaired) electrons. The van der Waals surface area contributed by atoms with Gasteiger partial charge in [-0.2, -0.15) is 0 Å². The summed E-state index contributed by atoms with van der Waals surface area (Å²) in [5.41, 5.74) is 1.09. The number of aryl methyl sites for hydroxylation is 2. The first kappa shape index (κ1) is 10.4. The van der Waals surface area contributed by atoms with Gasteiger partial charge in [0, 0.05) is 4.88 Å². The quantitative estimate of drug-likeness (QED) is 0.541. The smallest absolute Gasteiger partial charge is 0.316 e. The van der Waals surface area contributed by atoms with E-state index >= 15 is 0 Å². The van der Waals surface area contributed by atoms with Crippen LogP contribution in [0.25, 0.3) is 0 Å². The number of ether oxygens (including phenoxy) is 1. The number of thiophene rings is 1. The summed E-state index contributed by atoms with van der Waals surface area (Å²) in [6.45, 7) is 1.98. The van der Waals surface area contributed by atoms with Gasteiger partial charge >= 0.3 is 5.97 Å².